The lowest BCUT2D eigenvalue weighted by atomic mass is 10.2. The first-order valence-corrected chi connectivity index (χ1v) is 2.63. The van der Waals surface area contributed by atoms with Crippen molar-refractivity contribution in [1.82, 2.24) is 0 Å². The van der Waals surface area contributed by atoms with Gasteiger partial charge in [0.05, 0.1) is 6.54 Å². The molecule has 0 bridgehead atoms. The van der Waals surface area contributed by atoms with Gasteiger partial charge in [-0.15, -0.1) is 0 Å². The second kappa shape index (κ2) is 5.12. The van der Waals surface area contributed by atoms with Crippen LogP contribution < -0.4 is 0 Å². The average molecular weight is 126 g/mol. The zero-order chi connectivity index (χ0) is 7.11. The van der Waals surface area contributed by atoms with Gasteiger partial charge in [-0.05, 0) is 12.0 Å². The van der Waals surface area contributed by atoms with Crippen LogP contribution in [0.1, 0.15) is 12.8 Å². The largest absolute Gasteiger partial charge is 0.300 e. The Balaban J connectivity index is 3.38. The van der Waals surface area contributed by atoms with E-state index < -0.39 is 0 Å². The molecule has 0 unspecified atom stereocenters. The molecule has 49 valence electrons. The number of Topliss-reactive ketones (excluding diaryl/α,β-unsaturated/α-hetero) is 1. The van der Waals surface area contributed by atoms with Gasteiger partial charge in [0.15, 0.2) is 0 Å². The van der Waals surface area contributed by atoms with Crippen LogP contribution in [0.25, 0.3) is 10.4 Å². The van der Waals surface area contributed by atoms with Crippen molar-refractivity contribution in [2.24, 2.45) is 5.11 Å². The molecule has 0 aromatic rings. The Hall–Kier alpha value is -1.02. The lowest BCUT2D eigenvalue weighted by Crippen LogP contribution is -1.99. The SMILES string of the molecule is [CH2]CCC(=O)CN=[N+]=[N-]. The molecule has 0 aromatic carbocycles. The highest BCUT2D eigenvalue weighted by atomic mass is 16.1. The van der Waals surface area contributed by atoms with Crippen molar-refractivity contribution in [2.75, 3.05) is 6.54 Å². The Kier molecular flexibility index (Phi) is 4.54. The van der Waals surface area contributed by atoms with E-state index in [0.717, 1.165) is 0 Å². The average Bonchev–Trinajstić information content (AvgIpc) is 1.85. The normalized spacial score (nSPS) is 8.11. The summed E-state index contributed by atoms with van der Waals surface area (Å²) in [5.74, 6) is -0.0530. The van der Waals surface area contributed by atoms with Crippen LogP contribution in [0.2, 0.25) is 0 Å². The summed E-state index contributed by atoms with van der Waals surface area (Å²) in [4.78, 5) is 12.9. The van der Waals surface area contributed by atoms with Crippen molar-refractivity contribution in [2.45, 2.75) is 12.8 Å². The second-order valence-electron chi connectivity index (χ2n) is 1.53. The van der Waals surface area contributed by atoms with Crippen molar-refractivity contribution < 1.29 is 4.79 Å². The summed E-state index contributed by atoms with van der Waals surface area (Å²) in [5, 5.41) is 3.09. The van der Waals surface area contributed by atoms with E-state index in [1.165, 1.54) is 0 Å². The maximum absolute atomic E-state index is 10.5. The first-order chi connectivity index (χ1) is 4.31. The van der Waals surface area contributed by atoms with Crippen LogP contribution >= 0.6 is 0 Å². The van der Waals surface area contributed by atoms with Gasteiger partial charge < -0.3 is 0 Å². The van der Waals surface area contributed by atoms with Crippen LogP contribution in [0.3, 0.4) is 0 Å². The van der Waals surface area contributed by atoms with Crippen LogP contribution in [0, 0.1) is 6.92 Å². The molecule has 0 aliphatic carbocycles. The molecule has 4 nitrogen and oxygen atoms in total. The maximum atomic E-state index is 10.5. The molecular weight excluding hydrogens is 118 g/mol. The smallest absolute Gasteiger partial charge is 0.138 e. The quantitative estimate of drug-likeness (QED) is 0.319. The summed E-state index contributed by atoms with van der Waals surface area (Å²) in [5.41, 5.74) is 7.77. The van der Waals surface area contributed by atoms with Crippen molar-refractivity contribution in [1.29, 1.82) is 0 Å². The van der Waals surface area contributed by atoms with E-state index >= 15 is 0 Å². The molecule has 1 radical (unpaired) electrons. The molecule has 0 saturated carbocycles. The zero-order valence-corrected chi connectivity index (χ0v) is 5.08. The molecule has 0 aliphatic rings. The number of carbonyl (C=O) groups excluding carboxylic acids is 1. The Morgan fingerprint density at radius 1 is 1.78 bits per heavy atom. The standard InChI is InChI=1S/C5H8N3O/c1-2-3-5(9)4-7-8-6/h1-4H2. The number of rotatable bonds is 4. The van der Waals surface area contributed by atoms with E-state index in [-0.39, 0.29) is 12.3 Å². The molecule has 0 atom stereocenters. The van der Waals surface area contributed by atoms with Gasteiger partial charge in [0.25, 0.3) is 0 Å². The molecule has 0 spiro atoms. The highest BCUT2D eigenvalue weighted by Gasteiger charge is 1.94. The maximum Gasteiger partial charge on any atom is 0.138 e. The van der Waals surface area contributed by atoms with Crippen molar-refractivity contribution in [3.05, 3.63) is 17.4 Å². The minimum Gasteiger partial charge on any atom is -0.300 e. The Bertz CT molecular complexity index is 137. The van der Waals surface area contributed by atoms with Crippen molar-refractivity contribution in [3.63, 3.8) is 0 Å². The first kappa shape index (κ1) is 7.98. The molecule has 0 aliphatic heterocycles. The Labute approximate surface area is 53.5 Å². The first-order valence-electron chi connectivity index (χ1n) is 2.63. The summed E-state index contributed by atoms with van der Waals surface area (Å²) < 4.78 is 0. The highest BCUT2D eigenvalue weighted by Crippen LogP contribution is 1.88. The number of azide groups is 1. The zero-order valence-electron chi connectivity index (χ0n) is 5.08. The van der Waals surface area contributed by atoms with E-state index in [9.17, 15) is 4.79 Å². The molecule has 0 saturated heterocycles. The molecule has 0 aromatic heterocycles. The van der Waals surface area contributed by atoms with Gasteiger partial charge in [-0.2, -0.15) is 0 Å². The number of ketones is 1. The van der Waals surface area contributed by atoms with E-state index in [0.29, 0.717) is 12.8 Å². The lowest BCUT2D eigenvalue weighted by molar-refractivity contribution is -0.117. The van der Waals surface area contributed by atoms with Gasteiger partial charge in [-0.3, -0.25) is 4.79 Å². The fraction of sp³-hybridized carbons (Fsp3) is 0.600. The predicted octanol–water partition coefficient (Wildman–Crippen LogP) is 1.48. The predicted molar refractivity (Wildman–Crippen MR) is 33.6 cm³/mol. The molecule has 0 N–H and O–H groups in total. The molecule has 0 rings (SSSR count). The van der Waals surface area contributed by atoms with E-state index in [1.807, 2.05) is 0 Å². The van der Waals surface area contributed by atoms with Gasteiger partial charge in [0.2, 0.25) is 0 Å². The minimum absolute atomic E-state index is 0.0357. The second-order valence-corrected chi connectivity index (χ2v) is 1.53. The third-order valence-corrected chi connectivity index (χ3v) is 0.766. The van der Waals surface area contributed by atoms with E-state index in [4.69, 9.17) is 5.53 Å². The van der Waals surface area contributed by atoms with Crippen LogP contribution in [0.4, 0.5) is 0 Å². The monoisotopic (exact) mass is 126 g/mol. The molecule has 9 heavy (non-hydrogen) atoms. The highest BCUT2D eigenvalue weighted by molar-refractivity contribution is 5.80. The topological polar surface area (TPSA) is 65.8 Å². The van der Waals surface area contributed by atoms with E-state index in [2.05, 4.69) is 16.9 Å². The third-order valence-electron chi connectivity index (χ3n) is 0.766. The Morgan fingerprint density at radius 3 is 2.89 bits per heavy atom. The van der Waals surface area contributed by atoms with Crippen molar-refractivity contribution >= 4 is 5.78 Å². The van der Waals surface area contributed by atoms with E-state index in [1.54, 1.807) is 0 Å². The lowest BCUT2D eigenvalue weighted by Gasteiger charge is -1.87. The van der Waals surface area contributed by atoms with Gasteiger partial charge in [0, 0.05) is 11.3 Å². The summed E-state index contributed by atoms with van der Waals surface area (Å²) >= 11 is 0. The van der Waals surface area contributed by atoms with Crippen LogP contribution in [-0.4, -0.2) is 12.3 Å². The summed E-state index contributed by atoms with van der Waals surface area (Å²) in [6, 6.07) is 0. The molecule has 0 heterocycles. The summed E-state index contributed by atoms with van der Waals surface area (Å²) in [6.45, 7) is 3.44. The van der Waals surface area contributed by atoms with Crippen LogP contribution in [0.5, 0.6) is 0 Å². The van der Waals surface area contributed by atoms with Crippen LogP contribution in [-0.2, 0) is 4.79 Å². The molecule has 0 amide bonds. The van der Waals surface area contributed by atoms with Crippen molar-refractivity contribution in [3.8, 4) is 0 Å². The summed E-state index contributed by atoms with van der Waals surface area (Å²) in [6.07, 6.45) is 0.971. The molecular formula is C5H8N3O. The summed E-state index contributed by atoms with van der Waals surface area (Å²) in [7, 11) is 0. The fourth-order valence-corrected chi connectivity index (χ4v) is 0.387. The van der Waals surface area contributed by atoms with Gasteiger partial charge in [-0.1, -0.05) is 12.0 Å². The van der Waals surface area contributed by atoms with Gasteiger partial charge in [-0.25, -0.2) is 0 Å². The van der Waals surface area contributed by atoms with Gasteiger partial charge in [0.1, 0.15) is 5.78 Å². The third kappa shape index (κ3) is 4.84. The Morgan fingerprint density at radius 2 is 2.44 bits per heavy atom. The number of carbonyl (C=O) groups is 1. The number of nitrogens with zero attached hydrogens (tertiary/aromatic N) is 3. The number of hydrogen-bond donors (Lipinski definition) is 0. The van der Waals surface area contributed by atoms with Gasteiger partial charge >= 0.3 is 0 Å². The number of hydrogen-bond acceptors (Lipinski definition) is 2. The minimum atomic E-state index is -0.0530. The van der Waals surface area contributed by atoms with Crippen LogP contribution in [0.15, 0.2) is 5.11 Å². The molecule has 0 fully saturated rings. The fourth-order valence-electron chi connectivity index (χ4n) is 0.387. The molecule has 4 heteroatoms.